The highest BCUT2D eigenvalue weighted by Crippen LogP contribution is 2.09. The minimum Gasteiger partial charge on any atom is -0.134 e. The number of rotatable bonds is 7. The molecule has 0 aromatic heterocycles. The molecule has 0 saturated carbocycles. The van der Waals surface area contributed by atoms with Crippen molar-refractivity contribution in [2.24, 2.45) is 0 Å². The summed E-state index contributed by atoms with van der Waals surface area (Å²) < 4.78 is 0. The molecule has 0 spiro atoms. The van der Waals surface area contributed by atoms with Crippen LogP contribution >= 0.6 is 11.8 Å². The standard InChI is InChI=1S/C10H20S/c1-3-5-6-7-8-10-11-9-4-2/h4,9H,3,5-8,10H2,1-2H3. The molecule has 0 rings (SSSR count). The average molecular weight is 172 g/mol. The highest BCUT2D eigenvalue weighted by molar-refractivity contribution is 8.02. The van der Waals surface area contributed by atoms with E-state index in [1.165, 1.54) is 37.9 Å². The summed E-state index contributed by atoms with van der Waals surface area (Å²) in [6.45, 7) is 4.33. The van der Waals surface area contributed by atoms with Crippen molar-refractivity contribution < 1.29 is 0 Å². The Morgan fingerprint density at radius 2 is 1.82 bits per heavy atom. The van der Waals surface area contributed by atoms with E-state index >= 15 is 0 Å². The predicted octanol–water partition coefficient (Wildman–Crippen LogP) is 4.22. The van der Waals surface area contributed by atoms with Crippen LogP contribution in [0.3, 0.4) is 0 Å². The van der Waals surface area contributed by atoms with Crippen LogP contribution in [-0.2, 0) is 0 Å². The molecule has 11 heavy (non-hydrogen) atoms. The van der Waals surface area contributed by atoms with Crippen LogP contribution in [0.2, 0.25) is 0 Å². The lowest BCUT2D eigenvalue weighted by atomic mass is 10.2. The molecule has 0 heterocycles. The Morgan fingerprint density at radius 3 is 2.45 bits per heavy atom. The van der Waals surface area contributed by atoms with E-state index in [0.717, 1.165) is 0 Å². The van der Waals surface area contributed by atoms with E-state index in [-0.39, 0.29) is 0 Å². The van der Waals surface area contributed by atoms with Gasteiger partial charge < -0.3 is 0 Å². The third kappa shape index (κ3) is 10.1. The molecule has 0 aliphatic heterocycles. The molecule has 0 aromatic rings. The minimum absolute atomic E-state index is 1.30. The molecule has 66 valence electrons. The van der Waals surface area contributed by atoms with Gasteiger partial charge in [0.1, 0.15) is 0 Å². The van der Waals surface area contributed by atoms with Gasteiger partial charge in [-0.05, 0) is 24.5 Å². The van der Waals surface area contributed by atoms with E-state index in [9.17, 15) is 0 Å². The van der Waals surface area contributed by atoms with Gasteiger partial charge in [0.15, 0.2) is 0 Å². The quantitative estimate of drug-likeness (QED) is 0.518. The van der Waals surface area contributed by atoms with Crippen molar-refractivity contribution in [2.45, 2.75) is 46.0 Å². The summed E-state index contributed by atoms with van der Waals surface area (Å²) in [5.41, 5.74) is 0. The molecule has 0 nitrogen and oxygen atoms in total. The Morgan fingerprint density at radius 1 is 1.09 bits per heavy atom. The van der Waals surface area contributed by atoms with Crippen LogP contribution in [0.4, 0.5) is 0 Å². The van der Waals surface area contributed by atoms with Gasteiger partial charge >= 0.3 is 0 Å². The van der Waals surface area contributed by atoms with Crippen LogP contribution in [0.5, 0.6) is 0 Å². The highest BCUT2D eigenvalue weighted by Gasteiger charge is 1.87. The fourth-order valence-corrected chi connectivity index (χ4v) is 1.65. The molecule has 0 aliphatic carbocycles. The molecule has 0 radical (unpaired) electrons. The predicted molar refractivity (Wildman–Crippen MR) is 56.0 cm³/mol. The van der Waals surface area contributed by atoms with Crippen molar-refractivity contribution in [3.05, 3.63) is 11.5 Å². The lowest BCUT2D eigenvalue weighted by Gasteiger charge is -1.96. The number of thioether (sulfide) groups is 1. The van der Waals surface area contributed by atoms with Crippen molar-refractivity contribution in [3.63, 3.8) is 0 Å². The van der Waals surface area contributed by atoms with Crippen molar-refractivity contribution >= 4 is 11.8 Å². The van der Waals surface area contributed by atoms with Gasteiger partial charge in [-0.1, -0.05) is 38.7 Å². The fraction of sp³-hybridized carbons (Fsp3) is 0.800. The first-order valence-corrected chi connectivity index (χ1v) is 5.69. The minimum atomic E-state index is 1.30. The van der Waals surface area contributed by atoms with Gasteiger partial charge in [0.25, 0.3) is 0 Å². The molecule has 0 saturated heterocycles. The molecule has 1 heteroatoms. The summed E-state index contributed by atoms with van der Waals surface area (Å²) in [6, 6.07) is 0. The second kappa shape index (κ2) is 10.1. The van der Waals surface area contributed by atoms with E-state index in [1.54, 1.807) is 0 Å². The van der Waals surface area contributed by atoms with Crippen LogP contribution in [0, 0.1) is 0 Å². The molecule has 0 amide bonds. The van der Waals surface area contributed by atoms with E-state index in [4.69, 9.17) is 0 Å². The fourth-order valence-electron chi connectivity index (χ4n) is 0.953. The lowest BCUT2D eigenvalue weighted by Crippen LogP contribution is -1.79. The summed E-state index contributed by atoms with van der Waals surface area (Å²) >= 11 is 1.93. The van der Waals surface area contributed by atoms with Gasteiger partial charge in [0, 0.05) is 0 Å². The largest absolute Gasteiger partial charge is 0.134 e. The van der Waals surface area contributed by atoms with Gasteiger partial charge in [-0.3, -0.25) is 0 Å². The van der Waals surface area contributed by atoms with Crippen LogP contribution in [0.1, 0.15) is 46.0 Å². The monoisotopic (exact) mass is 172 g/mol. The Hall–Kier alpha value is 0.0900. The summed E-state index contributed by atoms with van der Waals surface area (Å²) in [7, 11) is 0. The normalized spacial score (nSPS) is 11.1. The molecular formula is C10H20S. The SMILES string of the molecule is CC=CSCCCCCCC. The maximum Gasteiger partial charge on any atom is -0.00261 e. The van der Waals surface area contributed by atoms with Crippen molar-refractivity contribution in [2.75, 3.05) is 5.75 Å². The van der Waals surface area contributed by atoms with E-state index in [0.29, 0.717) is 0 Å². The van der Waals surface area contributed by atoms with E-state index in [1.807, 2.05) is 11.8 Å². The molecule has 0 atom stereocenters. The smallest absolute Gasteiger partial charge is 0.00261 e. The van der Waals surface area contributed by atoms with Crippen LogP contribution in [0.15, 0.2) is 11.5 Å². The maximum atomic E-state index is 2.26. The van der Waals surface area contributed by atoms with Gasteiger partial charge in [0.2, 0.25) is 0 Å². The molecule has 0 aliphatic rings. The van der Waals surface area contributed by atoms with Crippen LogP contribution < -0.4 is 0 Å². The topological polar surface area (TPSA) is 0 Å². The number of hydrogen-bond donors (Lipinski definition) is 0. The summed E-state index contributed by atoms with van der Waals surface area (Å²) in [6.07, 6.45) is 9.09. The molecule has 0 bridgehead atoms. The van der Waals surface area contributed by atoms with Crippen molar-refractivity contribution in [1.29, 1.82) is 0 Å². The van der Waals surface area contributed by atoms with Gasteiger partial charge in [-0.25, -0.2) is 0 Å². The first-order chi connectivity index (χ1) is 5.41. The van der Waals surface area contributed by atoms with Gasteiger partial charge in [-0.2, -0.15) is 0 Å². The zero-order valence-electron chi connectivity index (χ0n) is 7.81. The molecular weight excluding hydrogens is 152 g/mol. The molecule has 0 aromatic carbocycles. The van der Waals surface area contributed by atoms with Gasteiger partial charge in [0.05, 0.1) is 0 Å². The average Bonchev–Trinajstić information content (AvgIpc) is 2.03. The molecule has 0 unspecified atom stereocenters. The zero-order valence-corrected chi connectivity index (χ0v) is 8.62. The third-order valence-electron chi connectivity index (χ3n) is 1.60. The maximum absolute atomic E-state index is 2.26. The van der Waals surface area contributed by atoms with E-state index < -0.39 is 0 Å². The Bertz CT molecular complexity index is 86.9. The second-order valence-corrected chi connectivity index (χ2v) is 3.77. The third-order valence-corrected chi connectivity index (χ3v) is 2.59. The Labute approximate surface area is 75.5 Å². The molecule has 0 fully saturated rings. The van der Waals surface area contributed by atoms with E-state index in [2.05, 4.69) is 25.3 Å². The second-order valence-electron chi connectivity index (χ2n) is 2.75. The zero-order chi connectivity index (χ0) is 8.36. The summed E-state index contributed by atoms with van der Waals surface area (Å²) in [5.74, 6) is 1.30. The number of hydrogen-bond acceptors (Lipinski definition) is 1. The highest BCUT2D eigenvalue weighted by atomic mass is 32.2. The van der Waals surface area contributed by atoms with Gasteiger partial charge in [-0.15, -0.1) is 11.8 Å². The van der Waals surface area contributed by atoms with Crippen molar-refractivity contribution in [3.8, 4) is 0 Å². The van der Waals surface area contributed by atoms with Crippen LogP contribution in [-0.4, -0.2) is 5.75 Å². The lowest BCUT2D eigenvalue weighted by molar-refractivity contribution is 0.659. The Balaban J connectivity index is 2.79. The Kier molecular flexibility index (Phi) is 10.2. The number of unbranched alkanes of at least 4 members (excludes halogenated alkanes) is 4. The van der Waals surface area contributed by atoms with Crippen LogP contribution in [0.25, 0.3) is 0 Å². The number of allylic oxidation sites excluding steroid dienone is 1. The summed E-state index contributed by atoms with van der Waals surface area (Å²) in [4.78, 5) is 0. The summed E-state index contributed by atoms with van der Waals surface area (Å²) in [5, 5.41) is 2.18. The first kappa shape index (κ1) is 11.1. The van der Waals surface area contributed by atoms with Crippen molar-refractivity contribution in [1.82, 2.24) is 0 Å². The molecule has 0 N–H and O–H groups in total. The first-order valence-electron chi connectivity index (χ1n) is 4.64.